The van der Waals surface area contributed by atoms with Gasteiger partial charge in [-0.3, -0.25) is 14.4 Å². The molecular formula is C19H35N3O4S. The fourth-order valence-electron chi connectivity index (χ4n) is 2.63. The minimum absolute atomic E-state index is 0.172. The van der Waals surface area contributed by atoms with E-state index in [1.54, 1.807) is 11.8 Å². The summed E-state index contributed by atoms with van der Waals surface area (Å²) in [5.74, 6) is 0.0814. The van der Waals surface area contributed by atoms with E-state index in [4.69, 9.17) is 0 Å². The van der Waals surface area contributed by atoms with Crippen molar-refractivity contribution in [3.8, 4) is 0 Å². The molecule has 3 amide bonds. The SMILES string of the molecule is CSCC[C@@H](C=O)NC(=O)[C@H](CC(C)C)NC(=O)[C@@H](CC(C)C)NC(C)=O. The Kier molecular flexibility index (Phi) is 12.8. The Morgan fingerprint density at radius 3 is 1.78 bits per heavy atom. The lowest BCUT2D eigenvalue weighted by Gasteiger charge is -2.25. The van der Waals surface area contributed by atoms with E-state index in [-0.39, 0.29) is 29.6 Å². The molecule has 0 heterocycles. The smallest absolute Gasteiger partial charge is 0.243 e. The first kappa shape index (κ1) is 25.4. The molecule has 156 valence electrons. The molecule has 0 aromatic carbocycles. The van der Waals surface area contributed by atoms with Crippen LogP contribution in [0.15, 0.2) is 0 Å². The maximum atomic E-state index is 12.7. The standard InChI is InChI=1S/C19H35N3O4S/c1-12(2)9-16(20-14(5)24)19(26)22-17(10-13(3)4)18(25)21-15(11-23)7-8-27-6/h11-13,15-17H,7-10H2,1-6H3,(H,20,24)(H,21,25)(H,22,26)/t15-,16+,17-/m0/s1. The van der Waals surface area contributed by atoms with Gasteiger partial charge in [-0.05, 0) is 43.1 Å². The van der Waals surface area contributed by atoms with Crippen molar-refractivity contribution in [2.45, 2.75) is 72.0 Å². The average Bonchev–Trinajstić information content (AvgIpc) is 2.55. The van der Waals surface area contributed by atoms with Crippen LogP contribution >= 0.6 is 11.8 Å². The summed E-state index contributed by atoms with van der Waals surface area (Å²) in [5, 5.41) is 8.11. The summed E-state index contributed by atoms with van der Waals surface area (Å²) < 4.78 is 0. The number of hydrogen-bond acceptors (Lipinski definition) is 5. The molecule has 3 atom stereocenters. The lowest BCUT2D eigenvalue weighted by atomic mass is 10.00. The molecule has 0 fully saturated rings. The lowest BCUT2D eigenvalue weighted by molar-refractivity contribution is -0.133. The maximum Gasteiger partial charge on any atom is 0.243 e. The van der Waals surface area contributed by atoms with Crippen LogP contribution in [0.3, 0.4) is 0 Å². The zero-order valence-electron chi connectivity index (χ0n) is 17.3. The molecule has 0 radical (unpaired) electrons. The van der Waals surface area contributed by atoms with Gasteiger partial charge in [0.15, 0.2) is 0 Å². The quantitative estimate of drug-likeness (QED) is 0.406. The molecule has 0 unspecified atom stereocenters. The van der Waals surface area contributed by atoms with Crippen LogP contribution < -0.4 is 16.0 Å². The van der Waals surface area contributed by atoms with Crippen molar-refractivity contribution in [1.29, 1.82) is 0 Å². The van der Waals surface area contributed by atoms with Crippen molar-refractivity contribution in [3.63, 3.8) is 0 Å². The van der Waals surface area contributed by atoms with Gasteiger partial charge in [-0.1, -0.05) is 27.7 Å². The number of thioether (sulfide) groups is 1. The Labute approximate surface area is 167 Å². The molecule has 8 heteroatoms. The molecule has 0 aromatic heterocycles. The van der Waals surface area contributed by atoms with Crippen LogP contribution in [0.5, 0.6) is 0 Å². The molecule has 7 nitrogen and oxygen atoms in total. The van der Waals surface area contributed by atoms with Gasteiger partial charge in [0, 0.05) is 6.92 Å². The van der Waals surface area contributed by atoms with Gasteiger partial charge in [0.25, 0.3) is 0 Å². The zero-order valence-corrected chi connectivity index (χ0v) is 18.2. The number of carbonyl (C=O) groups is 4. The number of amides is 3. The van der Waals surface area contributed by atoms with E-state index < -0.39 is 18.1 Å². The third-order valence-corrected chi connectivity index (χ3v) is 4.51. The lowest BCUT2D eigenvalue weighted by Crippen LogP contribution is -2.55. The molecule has 0 rings (SSSR count). The van der Waals surface area contributed by atoms with E-state index in [9.17, 15) is 19.2 Å². The highest BCUT2D eigenvalue weighted by atomic mass is 32.2. The summed E-state index contributed by atoms with van der Waals surface area (Å²) in [5.41, 5.74) is 0. The highest BCUT2D eigenvalue weighted by Crippen LogP contribution is 2.09. The second-order valence-corrected chi connectivity index (χ2v) is 8.59. The second kappa shape index (κ2) is 13.6. The fourth-order valence-corrected chi connectivity index (χ4v) is 3.12. The Hall–Kier alpha value is -1.57. The topological polar surface area (TPSA) is 104 Å². The van der Waals surface area contributed by atoms with Crippen molar-refractivity contribution in [2.75, 3.05) is 12.0 Å². The van der Waals surface area contributed by atoms with Gasteiger partial charge in [0.05, 0.1) is 6.04 Å². The molecule has 0 saturated carbocycles. The highest BCUT2D eigenvalue weighted by molar-refractivity contribution is 7.98. The van der Waals surface area contributed by atoms with Crippen molar-refractivity contribution in [2.24, 2.45) is 11.8 Å². The van der Waals surface area contributed by atoms with Crippen LogP contribution in [-0.4, -0.2) is 54.1 Å². The minimum atomic E-state index is -0.752. The van der Waals surface area contributed by atoms with Crippen LogP contribution in [0, 0.1) is 11.8 Å². The van der Waals surface area contributed by atoms with Crippen LogP contribution in [0.2, 0.25) is 0 Å². The average molecular weight is 402 g/mol. The molecule has 0 aromatic rings. The summed E-state index contributed by atoms with van der Waals surface area (Å²) in [7, 11) is 0. The molecular weight excluding hydrogens is 366 g/mol. The van der Waals surface area contributed by atoms with E-state index in [1.165, 1.54) is 6.92 Å². The largest absolute Gasteiger partial charge is 0.345 e. The summed E-state index contributed by atoms with van der Waals surface area (Å²) >= 11 is 1.60. The number of aldehydes is 1. The van der Waals surface area contributed by atoms with Crippen LogP contribution in [-0.2, 0) is 19.2 Å². The molecule has 0 aliphatic carbocycles. The monoisotopic (exact) mass is 401 g/mol. The van der Waals surface area contributed by atoms with E-state index >= 15 is 0 Å². The van der Waals surface area contributed by atoms with Crippen LogP contribution in [0.1, 0.15) is 53.9 Å². The molecule has 0 saturated heterocycles. The van der Waals surface area contributed by atoms with Gasteiger partial charge >= 0.3 is 0 Å². The predicted octanol–water partition coefficient (Wildman–Crippen LogP) is 1.50. The molecule has 3 N–H and O–H groups in total. The summed E-state index contributed by atoms with van der Waals surface area (Å²) in [6.07, 6.45) is 4.12. The predicted molar refractivity (Wildman–Crippen MR) is 109 cm³/mol. The first-order valence-corrected chi connectivity index (χ1v) is 10.8. The zero-order chi connectivity index (χ0) is 21.0. The Morgan fingerprint density at radius 2 is 1.37 bits per heavy atom. The van der Waals surface area contributed by atoms with E-state index in [0.29, 0.717) is 19.3 Å². The molecule has 0 spiro atoms. The number of rotatable bonds is 13. The highest BCUT2D eigenvalue weighted by Gasteiger charge is 2.28. The number of carbonyl (C=O) groups excluding carboxylic acids is 4. The summed E-state index contributed by atoms with van der Waals surface area (Å²) in [6, 6.07) is -2.01. The van der Waals surface area contributed by atoms with Crippen molar-refractivity contribution < 1.29 is 19.2 Å². The van der Waals surface area contributed by atoms with Crippen molar-refractivity contribution in [3.05, 3.63) is 0 Å². The van der Waals surface area contributed by atoms with Gasteiger partial charge < -0.3 is 20.7 Å². The Balaban J connectivity index is 5.14. The minimum Gasteiger partial charge on any atom is -0.345 e. The molecule has 0 aliphatic heterocycles. The van der Waals surface area contributed by atoms with Crippen molar-refractivity contribution in [1.82, 2.24) is 16.0 Å². The number of hydrogen-bond donors (Lipinski definition) is 3. The first-order chi connectivity index (χ1) is 12.6. The summed E-state index contributed by atoms with van der Waals surface area (Å²) in [4.78, 5) is 47.9. The van der Waals surface area contributed by atoms with Gasteiger partial charge in [0.1, 0.15) is 18.4 Å². The molecule has 27 heavy (non-hydrogen) atoms. The second-order valence-electron chi connectivity index (χ2n) is 7.61. The van der Waals surface area contributed by atoms with Crippen LogP contribution in [0.25, 0.3) is 0 Å². The van der Waals surface area contributed by atoms with Gasteiger partial charge in [-0.15, -0.1) is 0 Å². The van der Waals surface area contributed by atoms with Crippen molar-refractivity contribution >= 4 is 35.8 Å². The Morgan fingerprint density at radius 1 is 0.889 bits per heavy atom. The van der Waals surface area contributed by atoms with Gasteiger partial charge in [-0.2, -0.15) is 11.8 Å². The first-order valence-electron chi connectivity index (χ1n) is 9.42. The van der Waals surface area contributed by atoms with E-state index in [2.05, 4.69) is 16.0 Å². The maximum absolute atomic E-state index is 12.7. The van der Waals surface area contributed by atoms with Gasteiger partial charge in [-0.25, -0.2) is 0 Å². The fraction of sp³-hybridized carbons (Fsp3) is 0.789. The molecule has 0 bridgehead atoms. The summed E-state index contributed by atoms with van der Waals surface area (Å²) in [6.45, 7) is 9.19. The van der Waals surface area contributed by atoms with Gasteiger partial charge in [0.2, 0.25) is 17.7 Å². The third-order valence-electron chi connectivity index (χ3n) is 3.87. The molecule has 0 aliphatic rings. The van der Waals surface area contributed by atoms with E-state index in [1.807, 2.05) is 34.0 Å². The number of nitrogens with one attached hydrogen (secondary N) is 3. The van der Waals surface area contributed by atoms with E-state index in [0.717, 1.165) is 12.0 Å². The third kappa shape index (κ3) is 11.7. The van der Waals surface area contributed by atoms with Crippen LogP contribution in [0.4, 0.5) is 0 Å². The normalized spacial score (nSPS) is 14.4. The Bertz CT molecular complexity index is 497.